The first-order chi connectivity index (χ1) is 15.3. The van der Waals surface area contributed by atoms with Gasteiger partial charge in [-0.2, -0.15) is 0 Å². The summed E-state index contributed by atoms with van der Waals surface area (Å²) < 4.78 is 27.6. The Balaban J connectivity index is 1.53. The van der Waals surface area contributed by atoms with Crippen LogP contribution in [-0.4, -0.2) is 56.3 Å². The van der Waals surface area contributed by atoms with Gasteiger partial charge in [0.05, 0.1) is 29.3 Å². The van der Waals surface area contributed by atoms with Crippen molar-refractivity contribution in [3.8, 4) is 17.1 Å². The largest absolute Gasteiger partial charge is 0.494 e. The van der Waals surface area contributed by atoms with Crippen molar-refractivity contribution in [2.45, 2.75) is 18.7 Å². The number of hydrogen-bond acceptors (Lipinski definition) is 5. The summed E-state index contributed by atoms with van der Waals surface area (Å²) in [5.74, 6) is -0.0205. The number of H-pyrrole nitrogens is 1. The molecule has 0 radical (unpaired) electrons. The fraction of sp³-hybridized carbons (Fsp3) is 0.292. The van der Waals surface area contributed by atoms with Crippen LogP contribution < -0.4 is 4.72 Å². The van der Waals surface area contributed by atoms with E-state index in [1.165, 1.54) is 0 Å². The second-order valence-corrected chi connectivity index (χ2v) is 10.1. The van der Waals surface area contributed by atoms with Gasteiger partial charge < -0.3 is 15.0 Å². The van der Waals surface area contributed by atoms with Crippen molar-refractivity contribution >= 4 is 15.7 Å². The van der Waals surface area contributed by atoms with E-state index in [4.69, 9.17) is 0 Å². The number of benzene rings is 2. The maximum atomic E-state index is 12.5. The monoisotopic (exact) mass is 452 g/mol. The van der Waals surface area contributed by atoms with E-state index >= 15 is 0 Å². The van der Waals surface area contributed by atoms with Crippen LogP contribution >= 0.6 is 0 Å². The number of fused-ring (bicyclic) bond motifs is 1. The van der Waals surface area contributed by atoms with Crippen molar-refractivity contribution in [1.29, 1.82) is 0 Å². The van der Waals surface area contributed by atoms with Crippen molar-refractivity contribution in [2.75, 3.05) is 27.2 Å². The third-order valence-electron chi connectivity index (χ3n) is 5.44. The highest BCUT2D eigenvalue weighted by atomic mass is 32.2. The molecule has 0 fully saturated rings. The van der Waals surface area contributed by atoms with Crippen molar-refractivity contribution in [2.24, 2.45) is 4.99 Å². The van der Waals surface area contributed by atoms with E-state index < -0.39 is 10.0 Å². The van der Waals surface area contributed by atoms with Crippen LogP contribution in [0.4, 0.5) is 0 Å². The lowest BCUT2D eigenvalue weighted by Crippen LogP contribution is -2.28. The van der Waals surface area contributed by atoms with Gasteiger partial charge in [0, 0.05) is 17.7 Å². The molecule has 0 aliphatic carbocycles. The summed E-state index contributed by atoms with van der Waals surface area (Å²) in [5.41, 5.74) is 5.62. The highest BCUT2D eigenvalue weighted by molar-refractivity contribution is 7.88. The minimum atomic E-state index is -3.44. The first kappa shape index (κ1) is 22.3. The quantitative estimate of drug-likeness (QED) is 0.435. The fourth-order valence-electron chi connectivity index (χ4n) is 3.96. The van der Waals surface area contributed by atoms with Crippen LogP contribution in [0.3, 0.4) is 0 Å². The summed E-state index contributed by atoms with van der Waals surface area (Å²) in [6, 6.07) is 17.2. The van der Waals surface area contributed by atoms with E-state index in [-0.39, 0.29) is 11.6 Å². The molecule has 1 aliphatic heterocycles. The number of nitrogens with one attached hydrogen (secondary N) is 2. The number of hydrogen-bond donors (Lipinski definition) is 3. The van der Waals surface area contributed by atoms with Gasteiger partial charge in [-0.05, 0) is 44.3 Å². The van der Waals surface area contributed by atoms with Gasteiger partial charge in [0.15, 0.2) is 5.88 Å². The zero-order valence-electron chi connectivity index (χ0n) is 18.3. The Hall–Kier alpha value is -2.94. The molecule has 168 valence electrons. The zero-order valence-corrected chi connectivity index (χ0v) is 19.1. The second-order valence-electron chi connectivity index (χ2n) is 8.24. The van der Waals surface area contributed by atoms with E-state index in [9.17, 15) is 13.5 Å². The third-order valence-corrected chi connectivity index (χ3v) is 6.80. The summed E-state index contributed by atoms with van der Waals surface area (Å²) >= 11 is 0. The fourth-order valence-corrected chi connectivity index (χ4v) is 5.14. The number of aliphatic imine (C=N–C) groups is 1. The Bertz CT molecular complexity index is 1230. The number of sulfonamides is 1. The summed E-state index contributed by atoms with van der Waals surface area (Å²) in [6.07, 6.45) is 0.752. The van der Waals surface area contributed by atoms with Gasteiger partial charge in [0.2, 0.25) is 10.0 Å². The molecule has 3 N–H and O–H groups in total. The Morgan fingerprint density at radius 3 is 2.59 bits per heavy atom. The van der Waals surface area contributed by atoms with Gasteiger partial charge in [-0.1, -0.05) is 48.5 Å². The number of aromatic hydroxyl groups is 1. The van der Waals surface area contributed by atoms with Gasteiger partial charge in [-0.3, -0.25) is 4.99 Å². The molecule has 7 nitrogen and oxygen atoms in total. The topological polar surface area (TPSA) is 97.8 Å². The summed E-state index contributed by atoms with van der Waals surface area (Å²) in [6.45, 7) is 1.70. The van der Waals surface area contributed by atoms with Gasteiger partial charge >= 0.3 is 0 Å². The van der Waals surface area contributed by atoms with Crippen molar-refractivity contribution in [1.82, 2.24) is 14.6 Å². The minimum Gasteiger partial charge on any atom is -0.494 e. The molecule has 8 heteroatoms. The Morgan fingerprint density at radius 2 is 1.84 bits per heavy atom. The highest BCUT2D eigenvalue weighted by Crippen LogP contribution is 2.37. The lowest BCUT2D eigenvalue weighted by atomic mass is 9.99. The molecule has 0 amide bonds. The van der Waals surface area contributed by atoms with Crippen LogP contribution in [0.1, 0.15) is 28.7 Å². The van der Waals surface area contributed by atoms with Crippen molar-refractivity contribution in [3.05, 3.63) is 76.9 Å². The second kappa shape index (κ2) is 9.28. The summed E-state index contributed by atoms with van der Waals surface area (Å²) in [7, 11) is 0.484. The molecule has 0 bridgehead atoms. The van der Waals surface area contributed by atoms with Crippen molar-refractivity contribution < 1.29 is 13.5 Å². The molecule has 0 unspecified atom stereocenters. The average molecular weight is 453 g/mol. The molecule has 0 saturated carbocycles. The van der Waals surface area contributed by atoms with Crippen LogP contribution in [0.2, 0.25) is 0 Å². The van der Waals surface area contributed by atoms with Crippen LogP contribution in [0.15, 0.2) is 59.6 Å². The van der Waals surface area contributed by atoms with E-state index in [0.717, 1.165) is 35.3 Å². The molecule has 32 heavy (non-hydrogen) atoms. The molecule has 0 saturated heterocycles. The molecule has 3 aromatic rings. The van der Waals surface area contributed by atoms with Gasteiger partial charge in [-0.25, -0.2) is 13.1 Å². The predicted octanol–water partition coefficient (Wildman–Crippen LogP) is 3.11. The lowest BCUT2D eigenvalue weighted by molar-refractivity contribution is 0.400. The standard InChI is InChI=1S/C24H28N4O3S/c1-28(2)13-7-12-26-32(30,31)16-17-8-6-11-19(14-17)23-21-20(15-25-23)22(27-24(21)29)18-9-4-3-5-10-18/h3-6,8-11,14,26-27,29H,7,12-13,15-16H2,1-2H3. The van der Waals surface area contributed by atoms with E-state index in [1.54, 1.807) is 6.07 Å². The first-order valence-electron chi connectivity index (χ1n) is 10.6. The first-order valence-corrected chi connectivity index (χ1v) is 12.2. The van der Waals surface area contributed by atoms with Crippen molar-refractivity contribution in [3.63, 3.8) is 0 Å². The van der Waals surface area contributed by atoms with Gasteiger partial charge in [0.25, 0.3) is 0 Å². The molecule has 2 aromatic carbocycles. The predicted molar refractivity (Wildman–Crippen MR) is 127 cm³/mol. The van der Waals surface area contributed by atoms with Gasteiger partial charge in [-0.15, -0.1) is 0 Å². The molecule has 1 aliphatic rings. The number of rotatable bonds is 9. The zero-order chi connectivity index (χ0) is 22.7. The number of aromatic nitrogens is 1. The average Bonchev–Trinajstić information content (AvgIpc) is 3.33. The Kier molecular flexibility index (Phi) is 6.45. The maximum Gasteiger partial charge on any atom is 0.215 e. The Labute approximate surface area is 188 Å². The van der Waals surface area contributed by atoms with Gasteiger partial charge in [0.1, 0.15) is 0 Å². The van der Waals surface area contributed by atoms with Crippen LogP contribution in [-0.2, 0) is 22.3 Å². The molecule has 0 atom stereocenters. The third kappa shape index (κ3) is 4.93. The van der Waals surface area contributed by atoms with Crippen LogP contribution in [0.25, 0.3) is 11.3 Å². The number of nitrogens with zero attached hydrogens (tertiary/aromatic N) is 2. The smallest absolute Gasteiger partial charge is 0.215 e. The van der Waals surface area contributed by atoms with E-state index in [2.05, 4.69) is 14.7 Å². The molecule has 1 aromatic heterocycles. The molecule has 4 rings (SSSR count). The maximum absolute atomic E-state index is 12.5. The minimum absolute atomic E-state index is 0.0793. The number of aromatic amines is 1. The molecular weight excluding hydrogens is 424 g/mol. The van der Waals surface area contributed by atoms with Crippen LogP contribution in [0, 0.1) is 0 Å². The lowest BCUT2D eigenvalue weighted by Gasteiger charge is -2.11. The summed E-state index contributed by atoms with van der Waals surface area (Å²) in [5, 5.41) is 10.6. The van der Waals surface area contributed by atoms with Crippen LogP contribution in [0.5, 0.6) is 5.88 Å². The molecular formula is C24H28N4O3S. The SMILES string of the molecule is CN(C)CCCNS(=O)(=O)Cc1cccc(C2=NCc3c(-c4ccccc4)[nH]c(O)c32)c1. The molecule has 0 spiro atoms. The summed E-state index contributed by atoms with van der Waals surface area (Å²) in [4.78, 5) is 9.77. The Morgan fingerprint density at radius 1 is 1.09 bits per heavy atom. The van der Waals surface area contributed by atoms with E-state index in [1.807, 2.05) is 67.5 Å². The highest BCUT2D eigenvalue weighted by Gasteiger charge is 2.27. The van der Waals surface area contributed by atoms with E-state index in [0.29, 0.717) is 29.9 Å². The molecule has 2 heterocycles. The normalized spacial score (nSPS) is 13.4.